The summed E-state index contributed by atoms with van der Waals surface area (Å²) < 4.78 is 29.5. The monoisotopic (exact) mass is 390 g/mol. The molecule has 144 valence electrons. The van der Waals surface area contributed by atoms with E-state index >= 15 is 0 Å². The predicted molar refractivity (Wildman–Crippen MR) is 105 cm³/mol. The first-order chi connectivity index (χ1) is 12.7. The summed E-state index contributed by atoms with van der Waals surface area (Å²) in [6, 6.07) is 11.2. The van der Waals surface area contributed by atoms with Gasteiger partial charge >= 0.3 is 5.97 Å². The third-order valence-corrected chi connectivity index (χ3v) is 5.28. The summed E-state index contributed by atoms with van der Waals surface area (Å²) in [5.41, 5.74) is 2.48. The van der Waals surface area contributed by atoms with Crippen LogP contribution in [0, 0.1) is 6.92 Å². The maximum atomic E-state index is 12.5. The molecule has 27 heavy (non-hydrogen) atoms. The fraction of sp³-hybridized carbons (Fsp3) is 0.263. The molecule has 0 aliphatic heterocycles. The number of anilines is 2. The van der Waals surface area contributed by atoms with Gasteiger partial charge in [-0.05, 0) is 55.8 Å². The van der Waals surface area contributed by atoms with E-state index in [1.807, 2.05) is 6.92 Å². The van der Waals surface area contributed by atoms with Crippen molar-refractivity contribution in [3.05, 3.63) is 59.2 Å². The van der Waals surface area contributed by atoms with E-state index in [2.05, 4.69) is 10.1 Å². The van der Waals surface area contributed by atoms with E-state index < -0.39 is 16.0 Å². The van der Waals surface area contributed by atoms with Crippen LogP contribution in [0.5, 0.6) is 0 Å². The topological polar surface area (TPSA) is 92.8 Å². The quantitative estimate of drug-likeness (QED) is 0.766. The Morgan fingerprint density at radius 3 is 2.19 bits per heavy atom. The second-order valence-corrected chi connectivity index (χ2v) is 7.86. The van der Waals surface area contributed by atoms with Crippen LogP contribution in [-0.2, 0) is 14.8 Å². The van der Waals surface area contributed by atoms with Gasteiger partial charge in [0.05, 0.1) is 24.6 Å². The number of benzene rings is 2. The van der Waals surface area contributed by atoms with Crippen molar-refractivity contribution in [2.24, 2.45) is 0 Å². The summed E-state index contributed by atoms with van der Waals surface area (Å²) in [4.78, 5) is 24.2. The van der Waals surface area contributed by atoms with Crippen molar-refractivity contribution >= 4 is 33.3 Å². The molecule has 0 atom stereocenters. The number of carbonyl (C=O) groups is 2. The van der Waals surface area contributed by atoms with E-state index in [9.17, 15) is 18.0 Å². The average Bonchev–Trinajstić information content (AvgIpc) is 2.62. The highest BCUT2D eigenvalue weighted by atomic mass is 32.2. The fourth-order valence-corrected chi connectivity index (χ4v) is 3.56. The molecule has 0 bridgehead atoms. The first kappa shape index (κ1) is 20.4. The lowest BCUT2D eigenvalue weighted by molar-refractivity contribution is 0.0600. The average molecular weight is 390 g/mol. The van der Waals surface area contributed by atoms with Crippen molar-refractivity contribution in [1.29, 1.82) is 0 Å². The van der Waals surface area contributed by atoms with Gasteiger partial charge in [-0.2, -0.15) is 0 Å². The summed E-state index contributed by atoms with van der Waals surface area (Å²) in [5, 5.41) is 2.76. The number of hydrogen-bond donors (Lipinski definition) is 1. The van der Waals surface area contributed by atoms with Crippen LogP contribution in [0.25, 0.3) is 0 Å². The summed E-state index contributed by atoms with van der Waals surface area (Å²) in [6.07, 6.45) is 1.13. The minimum Gasteiger partial charge on any atom is -0.465 e. The Bertz CT molecular complexity index is 953. The predicted octanol–water partition coefficient (Wildman–Crippen LogP) is 2.82. The third-order valence-electron chi connectivity index (χ3n) is 4.01. The maximum absolute atomic E-state index is 12.5. The Labute approximate surface area is 159 Å². The zero-order valence-corrected chi connectivity index (χ0v) is 16.5. The molecular weight excluding hydrogens is 368 g/mol. The molecule has 0 fully saturated rings. The number of sulfonamides is 1. The number of methoxy groups -OCH3 is 1. The molecule has 0 radical (unpaired) electrons. The lowest BCUT2D eigenvalue weighted by Crippen LogP contribution is -2.29. The molecule has 0 saturated heterocycles. The third kappa shape index (κ3) is 4.85. The van der Waals surface area contributed by atoms with Crippen LogP contribution in [0.2, 0.25) is 0 Å². The number of ether oxygens (including phenoxy) is 1. The lowest BCUT2D eigenvalue weighted by atomic mass is 10.1. The first-order valence-corrected chi connectivity index (χ1v) is 10.1. The van der Waals surface area contributed by atoms with Gasteiger partial charge in [0.15, 0.2) is 0 Å². The Balaban J connectivity index is 2.23. The zero-order valence-electron chi connectivity index (χ0n) is 15.6. The molecule has 1 amide bonds. The van der Waals surface area contributed by atoms with Gasteiger partial charge in [-0.3, -0.25) is 9.10 Å². The number of hydrogen-bond acceptors (Lipinski definition) is 5. The normalized spacial score (nSPS) is 11.0. The Kier molecular flexibility index (Phi) is 6.22. The van der Waals surface area contributed by atoms with Gasteiger partial charge in [-0.1, -0.05) is 6.07 Å². The SMILES string of the molecule is CCN(c1ccc(C(=O)Nc2cc(C(=O)OC)ccc2C)cc1)S(C)(=O)=O. The molecule has 0 heterocycles. The molecule has 2 aromatic rings. The number of carbonyl (C=O) groups excluding carboxylic acids is 2. The number of nitrogens with zero attached hydrogens (tertiary/aromatic N) is 1. The molecule has 0 unspecified atom stereocenters. The fourth-order valence-electron chi connectivity index (χ4n) is 2.58. The minimum absolute atomic E-state index is 0.296. The minimum atomic E-state index is -3.38. The molecular formula is C19H22N2O5S. The smallest absolute Gasteiger partial charge is 0.337 e. The van der Waals surface area contributed by atoms with Crippen LogP contribution in [-0.4, -0.2) is 40.2 Å². The summed E-state index contributed by atoms with van der Waals surface area (Å²) in [7, 11) is -2.09. The molecule has 0 spiro atoms. The Hall–Kier alpha value is -2.87. The number of nitrogens with one attached hydrogen (secondary N) is 1. The van der Waals surface area contributed by atoms with Gasteiger partial charge < -0.3 is 10.1 Å². The summed E-state index contributed by atoms with van der Waals surface area (Å²) >= 11 is 0. The number of esters is 1. The highest BCUT2D eigenvalue weighted by Gasteiger charge is 2.16. The summed E-state index contributed by atoms with van der Waals surface area (Å²) in [5.74, 6) is -0.857. The molecule has 0 aliphatic rings. The number of aryl methyl sites for hydroxylation is 1. The van der Waals surface area contributed by atoms with Crippen LogP contribution in [0.1, 0.15) is 33.2 Å². The highest BCUT2D eigenvalue weighted by Crippen LogP contribution is 2.21. The number of amides is 1. The van der Waals surface area contributed by atoms with Gasteiger partial charge in [0.1, 0.15) is 0 Å². The molecule has 0 saturated carbocycles. The molecule has 7 nitrogen and oxygen atoms in total. The van der Waals surface area contributed by atoms with Gasteiger partial charge in [0.25, 0.3) is 5.91 Å². The van der Waals surface area contributed by atoms with Crippen molar-refractivity contribution in [3.8, 4) is 0 Å². The first-order valence-electron chi connectivity index (χ1n) is 8.25. The zero-order chi connectivity index (χ0) is 20.2. The van der Waals surface area contributed by atoms with Gasteiger partial charge in [-0.25, -0.2) is 13.2 Å². The second-order valence-electron chi connectivity index (χ2n) is 5.95. The van der Waals surface area contributed by atoms with Gasteiger partial charge in [0.2, 0.25) is 10.0 Å². The molecule has 2 aromatic carbocycles. The van der Waals surface area contributed by atoms with E-state index in [4.69, 9.17) is 0 Å². The Morgan fingerprint density at radius 1 is 1.07 bits per heavy atom. The molecule has 8 heteroatoms. The van der Waals surface area contributed by atoms with E-state index in [0.717, 1.165) is 11.8 Å². The van der Waals surface area contributed by atoms with Crippen LogP contribution in [0.4, 0.5) is 11.4 Å². The van der Waals surface area contributed by atoms with Crippen molar-refractivity contribution < 1.29 is 22.7 Å². The van der Waals surface area contributed by atoms with Crippen LogP contribution >= 0.6 is 0 Å². The van der Waals surface area contributed by atoms with Crippen molar-refractivity contribution in [2.45, 2.75) is 13.8 Å². The van der Waals surface area contributed by atoms with Gasteiger partial charge in [0, 0.05) is 17.8 Å². The second kappa shape index (κ2) is 8.22. The summed E-state index contributed by atoms with van der Waals surface area (Å²) in [6.45, 7) is 3.84. The lowest BCUT2D eigenvalue weighted by Gasteiger charge is -2.20. The Morgan fingerprint density at radius 2 is 1.67 bits per heavy atom. The molecule has 1 N–H and O–H groups in total. The van der Waals surface area contributed by atoms with E-state index in [1.54, 1.807) is 49.4 Å². The number of rotatable bonds is 6. The van der Waals surface area contributed by atoms with Gasteiger partial charge in [-0.15, -0.1) is 0 Å². The van der Waals surface area contributed by atoms with E-state index in [0.29, 0.717) is 29.0 Å². The maximum Gasteiger partial charge on any atom is 0.337 e. The van der Waals surface area contributed by atoms with Crippen LogP contribution < -0.4 is 9.62 Å². The van der Waals surface area contributed by atoms with E-state index in [1.165, 1.54) is 11.4 Å². The molecule has 0 aliphatic carbocycles. The molecule has 2 rings (SSSR count). The largest absolute Gasteiger partial charge is 0.465 e. The standard InChI is InChI=1S/C19H22N2O5S/c1-5-21(27(4,24)25)16-10-8-14(9-11-16)18(22)20-17-12-15(19(23)26-3)7-6-13(17)2/h6-12H,5H2,1-4H3,(H,20,22). The van der Waals surface area contributed by atoms with Crippen LogP contribution in [0.3, 0.4) is 0 Å². The van der Waals surface area contributed by atoms with Crippen molar-refractivity contribution in [1.82, 2.24) is 0 Å². The van der Waals surface area contributed by atoms with Crippen molar-refractivity contribution in [2.75, 3.05) is 29.5 Å². The van der Waals surface area contributed by atoms with Crippen molar-refractivity contribution in [3.63, 3.8) is 0 Å². The van der Waals surface area contributed by atoms with E-state index in [-0.39, 0.29) is 5.91 Å². The molecule has 0 aromatic heterocycles. The highest BCUT2D eigenvalue weighted by molar-refractivity contribution is 7.92. The van der Waals surface area contributed by atoms with Crippen LogP contribution in [0.15, 0.2) is 42.5 Å².